The van der Waals surface area contributed by atoms with Gasteiger partial charge in [-0.05, 0) is 61.4 Å². The summed E-state index contributed by atoms with van der Waals surface area (Å²) >= 11 is 0. The fraction of sp³-hybridized carbons (Fsp3) is 0.240. The van der Waals surface area contributed by atoms with E-state index in [9.17, 15) is 13.2 Å². The van der Waals surface area contributed by atoms with Crippen LogP contribution >= 0.6 is 0 Å². The molecule has 3 aromatic rings. The molecule has 1 saturated carbocycles. The van der Waals surface area contributed by atoms with E-state index in [1.807, 2.05) is 30.3 Å². The predicted molar refractivity (Wildman–Crippen MR) is 125 cm³/mol. The van der Waals surface area contributed by atoms with E-state index in [2.05, 4.69) is 10.0 Å². The zero-order chi connectivity index (χ0) is 22.4. The molecular weight excluding hydrogens is 424 g/mol. The molecule has 2 N–H and O–H groups in total. The lowest BCUT2D eigenvalue weighted by molar-refractivity contribution is 0.102. The van der Waals surface area contributed by atoms with Gasteiger partial charge in [0.05, 0.1) is 10.5 Å². The Hall–Kier alpha value is -3.16. The molecule has 6 nitrogen and oxygen atoms in total. The first-order chi connectivity index (χ1) is 15.5. The van der Waals surface area contributed by atoms with E-state index >= 15 is 0 Å². The average Bonchev–Trinajstić information content (AvgIpc) is 2.81. The van der Waals surface area contributed by atoms with Gasteiger partial charge in [-0.15, -0.1) is 0 Å². The Morgan fingerprint density at radius 1 is 0.812 bits per heavy atom. The Morgan fingerprint density at radius 3 is 2.19 bits per heavy atom. The molecular formula is C25H26N2O4S. The number of nitrogens with one attached hydrogen (secondary N) is 2. The summed E-state index contributed by atoms with van der Waals surface area (Å²) in [7, 11) is -3.58. The minimum Gasteiger partial charge on any atom is -0.457 e. The van der Waals surface area contributed by atoms with Crippen LogP contribution in [0.2, 0.25) is 0 Å². The summed E-state index contributed by atoms with van der Waals surface area (Å²) in [5.41, 5.74) is 0.883. The van der Waals surface area contributed by atoms with Crippen molar-refractivity contribution in [3.05, 3.63) is 84.4 Å². The fourth-order valence-electron chi connectivity index (χ4n) is 3.78. The van der Waals surface area contributed by atoms with Crippen LogP contribution < -0.4 is 14.8 Å². The molecule has 0 radical (unpaired) electrons. The van der Waals surface area contributed by atoms with Crippen molar-refractivity contribution in [1.82, 2.24) is 4.72 Å². The highest BCUT2D eigenvalue weighted by Gasteiger charge is 2.22. The second kappa shape index (κ2) is 9.97. The average molecular weight is 451 g/mol. The first-order valence-corrected chi connectivity index (χ1v) is 12.3. The molecule has 1 aliphatic carbocycles. The highest BCUT2D eigenvalue weighted by Crippen LogP contribution is 2.26. The number of benzene rings is 3. The van der Waals surface area contributed by atoms with Crippen LogP contribution in [0.15, 0.2) is 83.8 Å². The number of rotatable bonds is 7. The molecule has 0 atom stereocenters. The van der Waals surface area contributed by atoms with Crippen LogP contribution in [0.5, 0.6) is 11.5 Å². The molecule has 0 bridgehead atoms. The first kappa shape index (κ1) is 22.0. The second-order valence-corrected chi connectivity index (χ2v) is 9.56. The number of anilines is 1. The maximum absolute atomic E-state index is 12.8. The summed E-state index contributed by atoms with van der Waals surface area (Å²) in [5, 5.41) is 2.81. The molecule has 1 amide bonds. The van der Waals surface area contributed by atoms with Gasteiger partial charge in [0.1, 0.15) is 11.5 Å². The zero-order valence-electron chi connectivity index (χ0n) is 17.7. The molecule has 1 fully saturated rings. The monoisotopic (exact) mass is 450 g/mol. The zero-order valence-corrected chi connectivity index (χ0v) is 18.5. The molecule has 0 aromatic heterocycles. The van der Waals surface area contributed by atoms with E-state index in [4.69, 9.17) is 4.74 Å². The van der Waals surface area contributed by atoms with Crippen LogP contribution in [0.3, 0.4) is 0 Å². The van der Waals surface area contributed by atoms with Gasteiger partial charge in [-0.25, -0.2) is 13.1 Å². The fourth-order valence-corrected chi connectivity index (χ4v) is 5.09. The van der Waals surface area contributed by atoms with Crippen LogP contribution in [0, 0.1) is 0 Å². The lowest BCUT2D eigenvalue weighted by Gasteiger charge is -2.22. The number of carbonyl (C=O) groups excluding carboxylic acids is 1. The summed E-state index contributed by atoms with van der Waals surface area (Å²) in [4.78, 5) is 13.0. The summed E-state index contributed by atoms with van der Waals surface area (Å²) in [6, 6.07) is 22.4. The Bertz CT molecular complexity index is 1160. The SMILES string of the molecule is O=C(Nc1ccc(S(=O)(=O)NC2CCCCC2)cc1)c1ccccc1Oc1ccccc1. The highest BCUT2D eigenvalue weighted by molar-refractivity contribution is 7.89. The van der Waals surface area contributed by atoms with Gasteiger partial charge < -0.3 is 10.1 Å². The van der Waals surface area contributed by atoms with Gasteiger partial charge in [0.15, 0.2) is 0 Å². The van der Waals surface area contributed by atoms with E-state index in [1.165, 1.54) is 12.1 Å². The van der Waals surface area contributed by atoms with Crippen molar-refractivity contribution >= 4 is 21.6 Å². The third-order valence-electron chi connectivity index (χ3n) is 5.45. The number of hydrogen-bond donors (Lipinski definition) is 2. The third-order valence-corrected chi connectivity index (χ3v) is 6.99. The third kappa shape index (κ3) is 5.55. The maximum Gasteiger partial charge on any atom is 0.259 e. The van der Waals surface area contributed by atoms with Crippen molar-refractivity contribution in [3.8, 4) is 11.5 Å². The molecule has 32 heavy (non-hydrogen) atoms. The normalized spacial score (nSPS) is 14.6. The van der Waals surface area contributed by atoms with E-state index in [0.717, 1.165) is 32.1 Å². The molecule has 166 valence electrons. The van der Waals surface area contributed by atoms with Gasteiger partial charge in [0, 0.05) is 11.7 Å². The van der Waals surface area contributed by atoms with Crippen LogP contribution in [0.1, 0.15) is 42.5 Å². The number of hydrogen-bond acceptors (Lipinski definition) is 4. The lowest BCUT2D eigenvalue weighted by atomic mass is 9.96. The summed E-state index contributed by atoms with van der Waals surface area (Å²) in [6.45, 7) is 0. The molecule has 7 heteroatoms. The van der Waals surface area contributed by atoms with E-state index in [-0.39, 0.29) is 16.8 Å². The van der Waals surface area contributed by atoms with Crippen LogP contribution in [-0.2, 0) is 10.0 Å². The van der Waals surface area contributed by atoms with Gasteiger partial charge >= 0.3 is 0 Å². The van der Waals surface area contributed by atoms with Crippen molar-refractivity contribution < 1.29 is 17.9 Å². The van der Waals surface area contributed by atoms with Crippen molar-refractivity contribution in [2.75, 3.05) is 5.32 Å². The van der Waals surface area contributed by atoms with Crippen molar-refractivity contribution in [3.63, 3.8) is 0 Å². The number of ether oxygens (including phenoxy) is 1. The van der Waals surface area contributed by atoms with Crippen molar-refractivity contribution in [1.29, 1.82) is 0 Å². The molecule has 1 aliphatic rings. The molecule has 3 aromatic carbocycles. The number of para-hydroxylation sites is 2. The van der Waals surface area contributed by atoms with Crippen LogP contribution in [0.4, 0.5) is 5.69 Å². The van der Waals surface area contributed by atoms with Gasteiger partial charge in [-0.1, -0.05) is 49.6 Å². The summed E-state index contributed by atoms with van der Waals surface area (Å²) in [5.74, 6) is 0.729. The predicted octanol–water partition coefficient (Wildman–Crippen LogP) is 5.34. The topological polar surface area (TPSA) is 84.5 Å². The molecule has 4 rings (SSSR count). The van der Waals surface area contributed by atoms with Crippen LogP contribution in [0.25, 0.3) is 0 Å². The highest BCUT2D eigenvalue weighted by atomic mass is 32.2. The molecule has 0 unspecified atom stereocenters. The lowest BCUT2D eigenvalue weighted by Crippen LogP contribution is -2.36. The van der Waals surface area contributed by atoms with Gasteiger partial charge in [-0.2, -0.15) is 0 Å². The second-order valence-electron chi connectivity index (χ2n) is 7.85. The molecule has 0 heterocycles. The number of amides is 1. The Labute approximate surface area is 188 Å². The number of sulfonamides is 1. The number of carbonyl (C=O) groups is 1. The Morgan fingerprint density at radius 2 is 1.47 bits per heavy atom. The van der Waals surface area contributed by atoms with Gasteiger partial charge in [0.2, 0.25) is 10.0 Å². The minimum absolute atomic E-state index is 0.00533. The molecule has 0 saturated heterocycles. The standard InChI is InChI=1S/C25H26N2O4S/c28-25(23-13-7-8-14-24(23)31-21-11-5-2-6-12-21)26-19-15-17-22(18-16-19)32(29,30)27-20-9-3-1-4-10-20/h2,5-8,11-18,20,27H,1,3-4,9-10H2,(H,26,28). The van der Waals surface area contributed by atoms with Gasteiger partial charge in [-0.3, -0.25) is 4.79 Å². The van der Waals surface area contributed by atoms with Gasteiger partial charge in [0.25, 0.3) is 5.91 Å². The quantitative estimate of drug-likeness (QED) is 0.509. The minimum atomic E-state index is -3.58. The Kier molecular flexibility index (Phi) is 6.87. The van der Waals surface area contributed by atoms with Crippen molar-refractivity contribution in [2.24, 2.45) is 0 Å². The van der Waals surface area contributed by atoms with E-state index in [0.29, 0.717) is 22.7 Å². The van der Waals surface area contributed by atoms with E-state index in [1.54, 1.807) is 36.4 Å². The summed E-state index contributed by atoms with van der Waals surface area (Å²) < 4.78 is 34.0. The largest absolute Gasteiger partial charge is 0.457 e. The molecule has 0 aliphatic heterocycles. The Balaban J connectivity index is 1.44. The van der Waals surface area contributed by atoms with Crippen LogP contribution in [-0.4, -0.2) is 20.4 Å². The molecule has 0 spiro atoms. The smallest absolute Gasteiger partial charge is 0.259 e. The van der Waals surface area contributed by atoms with E-state index < -0.39 is 10.0 Å². The summed E-state index contributed by atoms with van der Waals surface area (Å²) in [6.07, 6.45) is 5.00. The maximum atomic E-state index is 12.8. The van der Waals surface area contributed by atoms with Crippen molar-refractivity contribution in [2.45, 2.75) is 43.0 Å². The first-order valence-electron chi connectivity index (χ1n) is 10.8.